The zero-order chi connectivity index (χ0) is 28.9. The summed E-state index contributed by atoms with van der Waals surface area (Å²) in [5.41, 5.74) is 0.496. The molecule has 204 valence electrons. The molecule has 0 aromatic heterocycles. The Morgan fingerprint density at radius 1 is 0.550 bits per heavy atom. The lowest BCUT2D eigenvalue weighted by atomic mass is 10.1. The number of hydrogen-bond donors (Lipinski definition) is 2. The highest BCUT2D eigenvalue weighted by molar-refractivity contribution is 7.86. The Hall–Kier alpha value is -4.62. The largest absolute Gasteiger partial charge is 0.744 e. The summed E-state index contributed by atoms with van der Waals surface area (Å²) in [6.45, 7) is 0. The van der Waals surface area contributed by atoms with E-state index in [0.29, 0.717) is 11.1 Å². The molecule has 0 saturated heterocycles. The van der Waals surface area contributed by atoms with Gasteiger partial charge in [0, 0.05) is 22.5 Å². The molecular formula is C28H20N2O8S2-2. The molecule has 12 heteroatoms. The van der Waals surface area contributed by atoms with Crippen LogP contribution in [0.4, 0.5) is 11.4 Å². The van der Waals surface area contributed by atoms with E-state index in [1.54, 1.807) is 60.7 Å². The first-order valence-corrected chi connectivity index (χ1v) is 14.3. The predicted octanol–water partition coefficient (Wildman–Crippen LogP) is 4.17. The van der Waals surface area contributed by atoms with Crippen LogP contribution in [0.2, 0.25) is 0 Å². The molecule has 0 heterocycles. The van der Waals surface area contributed by atoms with Crippen molar-refractivity contribution in [2.24, 2.45) is 0 Å². The van der Waals surface area contributed by atoms with Crippen LogP contribution < -0.4 is 10.6 Å². The van der Waals surface area contributed by atoms with Crippen LogP contribution in [-0.4, -0.2) is 37.8 Å². The smallest absolute Gasteiger partial charge is 0.255 e. The Bertz CT molecular complexity index is 1690. The molecule has 0 atom stereocenters. The van der Waals surface area contributed by atoms with Gasteiger partial charge in [0.15, 0.2) is 0 Å². The summed E-state index contributed by atoms with van der Waals surface area (Å²) in [6.07, 6.45) is 2.31. The first kappa shape index (κ1) is 28.4. The highest BCUT2D eigenvalue weighted by Crippen LogP contribution is 2.26. The van der Waals surface area contributed by atoms with Gasteiger partial charge in [-0.1, -0.05) is 60.7 Å². The molecule has 0 saturated carbocycles. The van der Waals surface area contributed by atoms with Crippen molar-refractivity contribution in [1.29, 1.82) is 0 Å². The maximum atomic E-state index is 12.4. The van der Waals surface area contributed by atoms with Crippen LogP contribution in [0.1, 0.15) is 31.8 Å². The van der Waals surface area contributed by atoms with Crippen LogP contribution in [0, 0.1) is 0 Å². The molecule has 0 bridgehead atoms. The van der Waals surface area contributed by atoms with Crippen LogP contribution in [0.25, 0.3) is 12.2 Å². The van der Waals surface area contributed by atoms with Crippen LogP contribution in [-0.2, 0) is 20.2 Å². The van der Waals surface area contributed by atoms with Gasteiger partial charge in [0.05, 0.1) is 9.79 Å². The lowest BCUT2D eigenvalue weighted by molar-refractivity contribution is 0.101. The van der Waals surface area contributed by atoms with E-state index in [1.165, 1.54) is 24.3 Å². The number of amides is 2. The van der Waals surface area contributed by atoms with Crippen molar-refractivity contribution in [2.75, 3.05) is 10.6 Å². The summed E-state index contributed by atoms with van der Waals surface area (Å²) in [5, 5.41) is 5.03. The monoisotopic (exact) mass is 576 g/mol. The fourth-order valence-corrected chi connectivity index (χ4v) is 5.09. The molecular weight excluding hydrogens is 556 g/mol. The number of nitrogens with one attached hydrogen (secondary N) is 2. The number of anilines is 2. The fraction of sp³-hybridized carbons (Fsp3) is 0. The average molecular weight is 577 g/mol. The van der Waals surface area contributed by atoms with Gasteiger partial charge in [-0.25, -0.2) is 16.8 Å². The van der Waals surface area contributed by atoms with Crippen molar-refractivity contribution in [3.8, 4) is 0 Å². The topological polar surface area (TPSA) is 173 Å². The Labute approximate surface area is 230 Å². The molecule has 0 aliphatic carbocycles. The number of benzene rings is 4. The average Bonchev–Trinajstić information content (AvgIpc) is 2.92. The van der Waals surface area contributed by atoms with Crippen molar-refractivity contribution < 1.29 is 35.5 Å². The number of hydrogen-bond acceptors (Lipinski definition) is 8. The second-order valence-electron chi connectivity index (χ2n) is 8.39. The maximum Gasteiger partial charge on any atom is 0.255 e. The molecule has 40 heavy (non-hydrogen) atoms. The quantitative estimate of drug-likeness (QED) is 0.232. The molecule has 4 rings (SSSR count). The van der Waals surface area contributed by atoms with Gasteiger partial charge >= 0.3 is 0 Å². The van der Waals surface area contributed by atoms with Crippen molar-refractivity contribution in [3.63, 3.8) is 0 Å². The predicted molar refractivity (Wildman–Crippen MR) is 147 cm³/mol. The first-order chi connectivity index (χ1) is 18.9. The molecule has 0 spiro atoms. The van der Waals surface area contributed by atoms with Gasteiger partial charge in [-0.2, -0.15) is 0 Å². The molecule has 0 aliphatic heterocycles. The molecule has 2 N–H and O–H groups in total. The normalized spacial score (nSPS) is 11.8. The standard InChI is InChI=1S/C28H22N2O8S2/c31-27(21-7-3-1-4-8-21)29-23-15-13-19(25(17-23)39(33,34)35)11-12-20-14-16-24(18-26(20)40(36,37)38)30-28(32)22-9-5-2-6-10-22/h1-18H,(H,29,31)(H,30,32)(H,33,34,35)(H,36,37,38)/p-2/b12-11+. The molecule has 0 aliphatic rings. The summed E-state index contributed by atoms with van der Waals surface area (Å²) in [4.78, 5) is 23.5. The van der Waals surface area contributed by atoms with Crippen molar-refractivity contribution in [2.45, 2.75) is 9.79 Å². The van der Waals surface area contributed by atoms with Crippen LogP contribution in [0.15, 0.2) is 107 Å². The highest BCUT2D eigenvalue weighted by atomic mass is 32.2. The number of carbonyl (C=O) groups is 2. The Balaban J connectivity index is 1.64. The molecule has 10 nitrogen and oxygen atoms in total. The van der Waals surface area contributed by atoms with Crippen LogP contribution >= 0.6 is 0 Å². The van der Waals surface area contributed by atoms with Gasteiger partial charge in [-0.05, 0) is 59.7 Å². The summed E-state index contributed by atoms with van der Waals surface area (Å²) < 4.78 is 71.9. The fourth-order valence-electron chi connectivity index (χ4n) is 3.70. The van der Waals surface area contributed by atoms with E-state index in [0.717, 1.165) is 24.3 Å². The van der Waals surface area contributed by atoms with E-state index in [4.69, 9.17) is 0 Å². The number of rotatable bonds is 8. The lowest BCUT2D eigenvalue weighted by Crippen LogP contribution is -2.12. The van der Waals surface area contributed by atoms with E-state index < -0.39 is 41.8 Å². The SMILES string of the molecule is O=C(Nc1ccc(/C=C/c2ccc(NC(=O)c3ccccc3)cc2S(=O)(=O)[O-])c(S(=O)(=O)[O-])c1)c1ccccc1. The van der Waals surface area contributed by atoms with E-state index >= 15 is 0 Å². The minimum Gasteiger partial charge on any atom is -0.744 e. The van der Waals surface area contributed by atoms with Gasteiger partial charge in [0.2, 0.25) is 0 Å². The van der Waals surface area contributed by atoms with E-state index in [-0.39, 0.29) is 22.5 Å². The summed E-state index contributed by atoms with van der Waals surface area (Å²) in [6, 6.07) is 23.4. The maximum absolute atomic E-state index is 12.4. The third-order valence-corrected chi connectivity index (χ3v) is 7.38. The number of carbonyl (C=O) groups excluding carboxylic acids is 2. The molecule has 4 aromatic carbocycles. The third-order valence-electron chi connectivity index (χ3n) is 5.60. The van der Waals surface area contributed by atoms with Gasteiger partial charge in [-0.15, -0.1) is 0 Å². The van der Waals surface area contributed by atoms with Gasteiger partial charge in [-0.3, -0.25) is 9.59 Å². The minimum atomic E-state index is -5.03. The molecule has 0 radical (unpaired) electrons. The highest BCUT2D eigenvalue weighted by Gasteiger charge is 2.14. The summed E-state index contributed by atoms with van der Waals surface area (Å²) >= 11 is 0. The Kier molecular flexibility index (Phi) is 8.26. The van der Waals surface area contributed by atoms with Crippen molar-refractivity contribution in [1.82, 2.24) is 0 Å². The van der Waals surface area contributed by atoms with E-state index in [2.05, 4.69) is 10.6 Å². The Morgan fingerprint density at radius 2 is 0.900 bits per heavy atom. The van der Waals surface area contributed by atoms with Crippen molar-refractivity contribution in [3.05, 3.63) is 119 Å². The van der Waals surface area contributed by atoms with Gasteiger partial charge < -0.3 is 19.7 Å². The summed E-state index contributed by atoms with van der Waals surface area (Å²) in [5.74, 6) is -1.05. The third kappa shape index (κ3) is 7.07. The zero-order valence-electron chi connectivity index (χ0n) is 20.5. The Morgan fingerprint density at radius 3 is 1.23 bits per heavy atom. The van der Waals surface area contributed by atoms with Crippen molar-refractivity contribution >= 4 is 55.6 Å². The molecule has 0 fully saturated rings. The minimum absolute atomic E-state index is 0.0433. The molecule has 2 amide bonds. The van der Waals surface area contributed by atoms with Gasteiger partial charge in [0.25, 0.3) is 11.8 Å². The van der Waals surface area contributed by atoms with E-state index in [9.17, 15) is 35.5 Å². The van der Waals surface area contributed by atoms with Crippen LogP contribution in [0.5, 0.6) is 0 Å². The van der Waals surface area contributed by atoms with Gasteiger partial charge in [0.1, 0.15) is 20.2 Å². The first-order valence-electron chi connectivity index (χ1n) is 11.5. The van der Waals surface area contributed by atoms with E-state index in [1.807, 2.05) is 0 Å². The van der Waals surface area contributed by atoms with Crippen LogP contribution in [0.3, 0.4) is 0 Å². The summed E-state index contributed by atoms with van der Waals surface area (Å²) in [7, 11) is -10.1. The second kappa shape index (κ2) is 11.6. The lowest BCUT2D eigenvalue weighted by Gasteiger charge is -2.15. The zero-order valence-corrected chi connectivity index (χ0v) is 22.1. The molecule has 4 aromatic rings. The second-order valence-corrected chi connectivity index (χ2v) is 11.1. The molecule has 0 unspecified atom stereocenters.